The van der Waals surface area contributed by atoms with Crippen LogP contribution >= 0.6 is 0 Å². The molecule has 1 atom stereocenters. The Morgan fingerprint density at radius 1 is 1.42 bits per heavy atom. The van der Waals surface area contributed by atoms with E-state index in [4.69, 9.17) is 15.9 Å². The summed E-state index contributed by atoms with van der Waals surface area (Å²) in [5, 5.41) is 0. The van der Waals surface area contributed by atoms with Crippen LogP contribution in [0, 0.1) is 12.3 Å². The van der Waals surface area contributed by atoms with E-state index in [1.807, 2.05) is 43.3 Å². The van der Waals surface area contributed by atoms with E-state index in [1.54, 1.807) is 6.08 Å². The van der Waals surface area contributed by atoms with Gasteiger partial charge >= 0.3 is 5.97 Å². The highest BCUT2D eigenvalue weighted by Crippen LogP contribution is 2.28. The molecule has 0 saturated heterocycles. The molecule has 0 N–H and O–H groups in total. The summed E-state index contributed by atoms with van der Waals surface area (Å²) in [7, 11) is 1.48. The summed E-state index contributed by atoms with van der Waals surface area (Å²) in [5.74, 6) is 1.77. The minimum Gasteiger partial charge on any atom is -0.450 e. The molecule has 0 aliphatic heterocycles. The van der Waals surface area contributed by atoms with Crippen LogP contribution in [0.1, 0.15) is 18.9 Å². The molecule has 0 spiro atoms. The van der Waals surface area contributed by atoms with Crippen molar-refractivity contribution in [1.82, 2.24) is 0 Å². The van der Waals surface area contributed by atoms with E-state index in [0.29, 0.717) is 5.56 Å². The molecular formula is C16H18O3. The normalized spacial score (nSPS) is 13.7. The van der Waals surface area contributed by atoms with Crippen LogP contribution in [0.3, 0.4) is 0 Å². The molecule has 19 heavy (non-hydrogen) atoms. The van der Waals surface area contributed by atoms with Crippen LogP contribution in [0.25, 0.3) is 0 Å². The Hall–Kier alpha value is -2.05. The quantitative estimate of drug-likeness (QED) is 0.447. The van der Waals surface area contributed by atoms with E-state index in [1.165, 1.54) is 7.11 Å². The highest BCUT2D eigenvalue weighted by molar-refractivity contribution is 5.84. The molecule has 0 radical (unpaired) electrons. The second-order valence-corrected chi connectivity index (χ2v) is 3.90. The number of esters is 1. The largest absolute Gasteiger partial charge is 0.450 e. The summed E-state index contributed by atoms with van der Waals surface area (Å²) >= 11 is 0. The highest BCUT2D eigenvalue weighted by Gasteiger charge is 2.39. The van der Waals surface area contributed by atoms with Gasteiger partial charge in [0.05, 0.1) is 0 Å². The molecule has 3 nitrogen and oxygen atoms in total. The zero-order valence-electron chi connectivity index (χ0n) is 11.3. The van der Waals surface area contributed by atoms with Gasteiger partial charge in [-0.1, -0.05) is 49.3 Å². The maximum absolute atomic E-state index is 12.3. The predicted octanol–water partition coefficient (Wildman–Crippen LogP) is 2.67. The van der Waals surface area contributed by atoms with Crippen molar-refractivity contribution >= 4 is 5.97 Å². The molecule has 1 aromatic carbocycles. The number of hydrogen-bond donors (Lipinski definition) is 0. The smallest absolute Gasteiger partial charge is 0.348 e. The molecule has 1 unspecified atom stereocenters. The Kier molecular flexibility index (Phi) is 5.84. The van der Waals surface area contributed by atoms with E-state index in [0.717, 1.165) is 6.42 Å². The third-order valence-corrected chi connectivity index (χ3v) is 2.70. The van der Waals surface area contributed by atoms with Crippen molar-refractivity contribution in [3.63, 3.8) is 0 Å². The van der Waals surface area contributed by atoms with Gasteiger partial charge in [-0.15, -0.1) is 6.42 Å². The van der Waals surface area contributed by atoms with Crippen LogP contribution in [0.4, 0.5) is 0 Å². The molecule has 0 aliphatic rings. The minimum atomic E-state index is -1.24. The Labute approximate surface area is 114 Å². The Morgan fingerprint density at radius 3 is 2.63 bits per heavy atom. The van der Waals surface area contributed by atoms with Gasteiger partial charge in [0.1, 0.15) is 0 Å². The van der Waals surface area contributed by atoms with Gasteiger partial charge in [-0.25, -0.2) is 4.79 Å². The number of terminal acetylenes is 1. The average molecular weight is 258 g/mol. The molecule has 0 aliphatic carbocycles. The lowest BCUT2D eigenvalue weighted by atomic mass is 9.92. The lowest BCUT2D eigenvalue weighted by Gasteiger charge is -2.27. The van der Waals surface area contributed by atoms with Crippen LogP contribution in [0.15, 0.2) is 42.5 Å². The second-order valence-electron chi connectivity index (χ2n) is 3.90. The summed E-state index contributed by atoms with van der Waals surface area (Å²) in [4.78, 5) is 12.3. The van der Waals surface area contributed by atoms with Crippen LogP contribution < -0.4 is 0 Å². The molecule has 0 bridgehead atoms. The van der Waals surface area contributed by atoms with Crippen molar-refractivity contribution in [2.24, 2.45) is 0 Å². The second kappa shape index (κ2) is 7.40. The number of methoxy groups -OCH3 is 1. The van der Waals surface area contributed by atoms with E-state index < -0.39 is 11.6 Å². The van der Waals surface area contributed by atoms with Gasteiger partial charge < -0.3 is 9.47 Å². The van der Waals surface area contributed by atoms with Crippen LogP contribution in [0.5, 0.6) is 0 Å². The fourth-order valence-corrected chi connectivity index (χ4v) is 1.74. The van der Waals surface area contributed by atoms with Crippen molar-refractivity contribution in [3.05, 3.63) is 48.0 Å². The first-order chi connectivity index (χ1) is 9.21. The molecule has 0 amide bonds. The van der Waals surface area contributed by atoms with Gasteiger partial charge in [0.25, 0.3) is 0 Å². The van der Waals surface area contributed by atoms with E-state index in [-0.39, 0.29) is 6.61 Å². The number of carbonyl (C=O) groups is 1. The first-order valence-corrected chi connectivity index (χ1v) is 6.10. The number of allylic oxidation sites excluding steroid dienone is 1. The SMILES string of the molecule is C#CCOC(=O)C(C=CCC)(OC)c1ccccc1. The van der Waals surface area contributed by atoms with Gasteiger partial charge in [0.15, 0.2) is 6.61 Å². The fraction of sp³-hybridized carbons (Fsp3) is 0.312. The molecule has 100 valence electrons. The summed E-state index contributed by atoms with van der Waals surface area (Å²) in [6.07, 6.45) is 9.48. The molecule has 0 heterocycles. The van der Waals surface area contributed by atoms with Crippen molar-refractivity contribution in [1.29, 1.82) is 0 Å². The van der Waals surface area contributed by atoms with Gasteiger partial charge in [0, 0.05) is 7.11 Å². The van der Waals surface area contributed by atoms with Gasteiger partial charge in [-0.2, -0.15) is 0 Å². The molecule has 1 aromatic rings. The first kappa shape index (κ1) is 15.0. The number of carbonyl (C=O) groups excluding carboxylic acids is 1. The number of ether oxygens (including phenoxy) is 2. The molecule has 3 heteroatoms. The zero-order valence-corrected chi connectivity index (χ0v) is 11.3. The van der Waals surface area contributed by atoms with Crippen molar-refractivity contribution in [2.75, 3.05) is 13.7 Å². The van der Waals surface area contributed by atoms with Crippen molar-refractivity contribution < 1.29 is 14.3 Å². The lowest BCUT2D eigenvalue weighted by Crippen LogP contribution is -2.37. The maximum Gasteiger partial charge on any atom is 0.348 e. The number of benzene rings is 1. The molecule has 0 aromatic heterocycles. The standard InChI is InChI=1S/C16H18O3/c1-4-6-12-16(18-3,15(17)19-13-5-2)14-10-8-7-9-11-14/h2,6-12H,4,13H2,1,3H3. The maximum atomic E-state index is 12.3. The minimum absolute atomic E-state index is 0.0727. The zero-order chi connectivity index (χ0) is 14.1. The van der Waals surface area contributed by atoms with E-state index in [9.17, 15) is 4.79 Å². The summed E-state index contributed by atoms with van der Waals surface area (Å²) < 4.78 is 10.5. The highest BCUT2D eigenvalue weighted by atomic mass is 16.6. The molecule has 0 fully saturated rings. The third kappa shape index (κ3) is 3.46. The topological polar surface area (TPSA) is 35.5 Å². The van der Waals surface area contributed by atoms with Gasteiger partial charge in [-0.05, 0) is 18.1 Å². The van der Waals surface area contributed by atoms with Crippen molar-refractivity contribution in [2.45, 2.75) is 18.9 Å². The monoisotopic (exact) mass is 258 g/mol. The summed E-state index contributed by atoms with van der Waals surface area (Å²) in [6, 6.07) is 9.20. The Balaban J connectivity index is 3.19. The summed E-state index contributed by atoms with van der Waals surface area (Å²) in [6.45, 7) is 1.91. The Morgan fingerprint density at radius 2 is 2.11 bits per heavy atom. The van der Waals surface area contributed by atoms with Gasteiger partial charge in [0.2, 0.25) is 5.60 Å². The lowest BCUT2D eigenvalue weighted by molar-refractivity contribution is -0.163. The predicted molar refractivity (Wildman–Crippen MR) is 74.4 cm³/mol. The van der Waals surface area contributed by atoms with E-state index in [2.05, 4.69) is 5.92 Å². The van der Waals surface area contributed by atoms with E-state index >= 15 is 0 Å². The summed E-state index contributed by atoms with van der Waals surface area (Å²) in [5.41, 5.74) is -0.530. The van der Waals surface area contributed by atoms with Crippen molar-refractivity contribution in [3.8, 4) is 12.3 Å². The third-order valence-electron chi connectivity index (χ3n) is 2.70. The van der Waals surface area contributed by atoms with Gasteiger partial charge in [-0.3, -0.25) is 0 Å². The van der Waals surface area contributed by atoms with Crippen LogP contribution in [0.2, 0.25) is 0 Å². The van der Waals surface area contributed by atoms with Crippen LogP contribution in [-0.2, 0) is 19.9 Å². The first-order valence-electron chi connectivity index (χ1n) is 6.10. The number of rotatable bonds is 6. The fourth-order valence-electron chi connectivity index (χ4n) is 1.74. The molecular weight excluding hydrogens is 240 g/mol. The average Bonchev–Trinajstić information content (AvgIpc) is 2.47. The number of hydrogen-bond acceptors (Lipinski definition) is 3. The molecule has 0 saturated carbocycles. The van der Waals surface area contributed by atoms with Crippen LogP contribution in [-0.4, -0.2) is 19.7 Å². The Bertz CT molecular complexity index is 471. The molecule has 1 rings (SSSR count).